The molecule has 0 saturated heterocycles. The fourth-order valence-electron chi connectivity index (χ4n) is 4.92. The summed E-state index contributed by atoms with van der Waals surface area (Å²) in [5, 5.41) is 0. The number of halogens is 2. The third kappa shape index (κ3) is 2.52. The number of fused-ring (bicyclic) bond motifs is 8. The minimum absolute atomic E-state index is 0.389. The Balaban J connectivity index is 1.89. The van der Waals surface area contributed by atoms with Crippen LogP contribution in [-0.2, 0) is 5.41 Å². The molecule has 3 heteroatoms. The van der Waals surface area contributed by atoms with Crippen LogP contribution >= 0.6 is 43.6 Å². The van der Waals surface area contributed by atoms with E-state index in [4.69, 9.17) is 0 Å². The van der Waals surface area contributed by atoms with Gasteiger partial charge in [0.05, 0.1) is 5.41 Å². The molecule has 30 heavy (non-hydrogen) atoms. The first-order valence-corrected chi connectivity index (χ1v) is 12.2. The van der Waals surface area contributed by atoms with Crippen molar-refractivity contribution in [1.82, 2.24) is 0 Å². The van der Waals surface area contributed by atoms with Gasteiger partial charge in [-0.1, -0.05) is 101 Å². The normalized spacial score (nSPS) is 18.2. The lowest BCUT2D eigenvalue weighted by molar-refractivity contribution is 0.699. The van der Waals surface area contributed by atoms with Crippen LogP contribution in [0.4, 0.5) is 0 Å². The Kier molecular flexibility index (Phi) is 4.35. The van der Waals surface area contributed by atoms with Gasteiger partial charge in [-0.15, -0.1) is 0 Å². The zero-order chi connectivity index (χ0) is 20.3. The summed E-state index contributed by atoms with van der Waals surface area (Å²) in [5.41, 5.74) is 7.43. The van der Waals surface area contributed by atoms with E-state index in [1.54, 1.807) is 0 Å². The van der Waals surface area contributed by atoms with Crippen LogP contribution in [0.2, 0.25) is 0 Å². The van der Waals surface area contributed by atoms with E-state index in [0.29, 0.717) is 0 Å². The van der Waals surface area contributed by atoms with Gasteiger partial charge in [-0.2, -0.15) is 0 Å². The Labute approximate surface area is 197 Å². The van der Waals surface area contributed by atoms with Crippen LogP contribution < -0.4 is 0 Å². The highest BCUT2D eigenvalue weighted by Crippen LogP contribution is 2.59. The molecule has 0 nitrogen and oxygen atoms in total. The van der Waals surface area contributed by atoms with E-state index < -0.39 is 0 Å². The second kappa shape index (κ2) is 6.98. The molecule has 0 N–H and O–H groups in total. The maximum atomic E-state index is 3.85. The second-order valence-electron chi connectivity index (χ2n) is 7.62. The molecule has 0 amide bonds. The summed E-state index contributed by atoms with van der Waals surface area (Å²) in [4.78, 5) is 2.60. The molecule has 0 radical (unpaired) electrons. The van der Waals surface area contributed by atoms with E-state index in [1.165, 1.54) is 43.2 Å². The summed E-state index contributed by atoms with van der Waals surface area (Å²) >= 11 is 9.47. The summed E-state index contributed by atoms with van der Waals surface area (Å²) < 4.78 is 2.24. The molecule has 144 valence electrons. The average Bonchev–Trinajstić information content (AvgIpc) is 2.91. The number of rotatable bonds is 0. The van der Waals surface area contributed by atoms with Crippen molar-refractivity contribution in [3.63, 3.8) is 0 Å². The number of hydrogen-bond acceptors (Lipinski definition) is 1. The molecule has 0 saturated carbocycles. The van der Waals surface area contributed by atoms with Crippen molar-refractivity contribution in [2.45, 2.75) is 15.2 Å². The fourth-order valence-corrected chi connectivity index (χ4v) is 7.08. The molecular weight excluding hydrogens is 516 g/mol. The van der Waals surface area contributed by atoms with Crippen molar-refractivity contribution < 1.29 is 0 Å². The molecular formula is C27H16Br2S. The molecule has 1 unspecified atom stereocenters. The Morgan fingerprint density at radius 2 is 1.30 bits per heavy atom. The van der Waals surface area contributed by atoms with Crippen LogP contribution in [0.5, 0.6) is 0 Å². The highest BCUT2D eigenvalue weighted by Gasteiger charge is 2.47. The summed E-state index contributed by atoms with van der Waals surface area (Å²) in [6, 6.07) is 31.0. The van der Waals surface area contributed by atoms with E-state index in [1.807, 2.05) is 11.8 Å². The Morgan fingerprint density at radius 3 is 2.17 bits per heavy atom. The predicted molar refractivity (Wildman–Crippen MR) is 133 cm³/mol. The Hall–Kier alpha value is -2.07. The van der Waals surface area contributed by atoms with Crippen molar-refractivity contribution in [1.29, 1.82) is 0 Å². The molecule has 1 aliphatic heterocycles. The smallest absolute Gasteiger partial charge is 0.0735 e. The highest BCUT2D eigenvalue weighted by atomic mass is 79.9. The molecule has 0 aromatic heterocycles. The molecule has 6 rings (SSSR count). The maximum absolute atomic E-state index is 3.85. The minimum atomic E-state index is -0.389. The summed E-state index contributed by atoms with van der Waals surface area (Å²) in [5.74, 6) is 0. The van der Waals surface area contributed by atoms with E-state index >= 15 is 0 Å². The van der Waals surface area contributed by atoms with Gasteiger partial charge in [0.1, 0.15) is 0 Å². The lowest BCUT2D eigenvalue weighted by Crippen LogP contribution is -2.35. The molecule has 0 fully saturated rings. The van der Waals surface area contributed by atoms with Gasteiger partial charge in [-0.3, -0.25) is 0 Å². The van der Waals surface area contributed by atoms with Crippen LogP contribution in [-0.4, -0.2) is 0 Å². The van der Waals surface area contributed by atoms with Crippen molar-refractivity contribution in [2.75, 3.05) is 0 Å². The van der Waals surface area contributed by atoms with Crippen LogP contribution in [0.1, 0.15) is 33.4 Å². The monoisotopic (exact) mass is 530 g/mol. The van der Waals surface area contributed by atoms with Crippen molar-refractivity contribution >= 4 is 55.8 Å². The molecule has 4 aromatic carbocycles. The van der Waals surface area contributed by atoms with E-state index in [2.05, 4.69) is 129 Å². The van der Waals surface area contributed by atoms with Gasteiger partial charge in [0.15, 0.2) is 0 Å². The van der Waals surface area contributed by atoms with Gasteiger partial charge in [0.25, 0.3) is 0 Å². The van der Waals surface area contributed by atoms with Crippen LogP contribution in [0.15, 0.2) is 104 Å². The molecule has 0 bridgehead atoms. The van der Waals surface area contributed by atoms with Gasteiger partial charge in [-0.25, -0.2) is 0 Å². The zero-order valence-corrected chi connectivity index (χ0v) is 19.9. The molecule has 1 spiro atoms. The van der Waals surface area contributed by atoms with Crippen LogP contribution in [0.25, 0.3) is 12.2 Å². The van der Waals surface area contributed by atoms with Crippen LogP contribution in [0, 0.1) is 0 Å². The van der Waals surface area contributed by atoms with Crippen molar-refractivity contribution in [3.8, 4) is 0 Å². The first kappa shape index (κ1) is 18.7. The lowest BCUT2D eigenvalue weighted by Gasteiger charge is -2.43. The first-order chi connectivity index (χ1) is 14.7. The first-order valence-electron chi connectivity index (χ1n) is 9.83. The van der Waals surface area contributed by atoms with E-state index in [9.17, 15) is 0 Å². The van der Waals surface area contributed by atoms with Gasteiger partial charge >= 0.3 is 0 Å². The van der Waals surface area contributed by atoms with E-state index in [0.717, 1.165) is 8.95 Å². The molecule has 2 aliphatic rings. The largest absolute Gasteiger partial charge is 0.0882 e. The maximum Gasteiger partial charge on any atom is 0.0735 e. The van der Waals surface area contributed by atoms with Crippen molar-refractivity contribution in [2.24, 2.45) is 0 Å². The Morgan fingerprint density at radius 1 is 0.600 bits per heavy atom. The van der Waals surface area contributed by atoms with Gasteiger partial charge in [-0.05, 0) is 73.6 Å². The Bertz CT molecular complexity index is 1350. The van der Waals surface area contributed by atoms with E-state index in [-0.39, 0.29) is 5.41 Å². The van der Waals surface area contributed by atoms with Crippen molar-refractivity contribution in [3.05, 3.63) is 127 Å². The van der Waals surface area contributed by atoms with Gasteiger partial charge < -0.3 is 0 Å². The summed E-state index contributed by atoms with van der Waals surface area (Å²) in [7, 11) is 0. The number of hydrogen-bond donors (Lipinski definition) is 0. The number of benzene rings is 4. The third-order valence-corrected chi connectivity index (χ3v) is 8.74. The van der Waals surface area contributed by atoms with Crippen LogP contribution in [0.3, 0.4) is 0 Å². The molecule has 1 aliphatic carbocycles. The third-order valence-electron chi connectivity index (χ3n) is 6.10. The highest BCUT2D eigenvalue weighted by molar-refractivity contribution is 9.10. The molecule has 4 aromatic rings. The summed E-state index contributed by atoms with van der Waals surface area (Å²) in [6.45, 7) is 0. The molecule has 1 atom stereocenters. The standard InChI is InChI=1S/C27H16Br2S/c28-19-15-14-18-13-12-17-6-1-2-7-20(17)27(23(18)16-19)21-8-3-4-11-25(21)30-26-22(27)9-5-10-24(26)29/h1-16H. The lowest BCUT2D eigenvalue weighted by atomic mass is 9.63. The quantitative estimate of drug-likeness (QED) is 0.189. The summed E-state index contributed by atoms with van der Waals surface area (Å²) in [6.07, 6.45) is 4.52. The molecule has 1 heterocycles. The second-order valence-corrected chi connectivity index (χ2v) is 10.4. The SMILES string of the molecule is Brc1ccc2c(c1)C1(c3ccccc3C=C2)c2ccccc2Sc2c(Br)cccc21. The van der Waals surface area contributed by atoms with Gasteiger partial charge in [0.2, 0.25) is 0 Å². The minimum Gasteiger partial charge on any atom is -0.0882 e. The fraction of sp³-hybridized carbons (Fsp3) is 0.0370. The topological polar surface area (TPSA) is 0 Å². The zero-order valence-electron chi connectivity index (χ0n) is 15.9. The predicted octanol–water partition coefficient (Wildman–Crippen LogP) is 8.54. The van der Waals surface area contributed by atoms with Gasteiger partial charge in [0, 0.05) is 18.7 Å². The average molecular weight is 532 g/mol.